The Kier molecular flexibility index (Phi) is 5.34. The molecule has 4 heteroatoms. The summed E-state index contributed by atoms with van der Waals surface area (Å²) in [7, 11) is 3.57. The van der Waals surface area contributed by atoms with Crippen molar-refractivity contribution in [2.45, 2.75) is 75.7 Å². The standard InChI is InChI=1S/C31H38O4/c1-18-28(19-8-6-5-7-9-19)31(18,29(32)33)25-17-23-20(16-26(25)34-3)10-11-22-21(23)14-15-30(2)24(22)12-13-27(30)35-4/h5-9,16-18,21-22,24,27-28H,10-15H2,1-4H3,(H,32,33)/t18?,21-,22+,24-,27-,28?,30-,31?/m0/s1. The maximum Gasteiger partial charge on any atom is 0.315 e. The molecular weight excluding hydrogens is 436 g/mol. The molecule has 35 heavy (non-hydrogen) atoms. The van der Waals surface area contributed by atoms with Gasteiger partial charge in [0.2, 0.25) is 0 Å². The van der Waals surface area contributed by atoms with Gasteiger partial charge in [-0.2, -0.15) is 0 Å². The van der Waals surface area contributed by atoms with E-state index in [2.05, 4.69) is 38.1 Å². The number of hydrogen-bond acceptors (Lipinski definition) is 3. The highest BCUT2D eigenvalue weighted by Crippen LogP contribution is 2.68. The minimum atomic E-state index is -0.938. The Morgan fingerprint density at radius 3 is 2.51 bits per heavy atom. The summed E-state index contributed by atoms with van der Waals surface area (Å²) >= 11 is 0. The number of methoxy groups -OCH3 is 2. The van der Waals surface area contributed by atoms with Crippen LogP contribution in [0, 0.1) is 23.2 Å². The number of carbonyl (C=O) groups is 1. The van der Waals surface area contributed by atoms with Crippen molar-refractivity contribution >= 4 is 5.97 Å². The molecule has 4 aliphatic rings. The van der Waals surface area contributed by atoms with Gasteiger partial charge in [-0.25, -0.2) is 0 Å². The molecule has 0 aromatic heterocycles. The summed E-state index contributed by atoms with van der Waals surface area (Å²) in [5, 5.41) is 10.7. The second-order valence-electron chi connectivity index (χ2n) is 11.9. The smallest absolute Gasteiger partial charge is 0.315 e. The van der Waals surface area contributed by atoms with E-state index in [4.69, 9.17) is 9.47 Å². The third-order valence-corrected chi connectivity index (χ3v) is 10.8. The first-order valence-corrected chi connectivity index (χ1v) is 13.4. The molecule has 0 amide bonds. The molecule has 0 saturated heterocycles. The zero-order valence-electron chi connectivity index (χ0n) is 21.4. The molecule has 0 heterocycles. The van der Waals surface area contributed by atoms with Crippen LogP contribution in [0.5, 0.6) is 5.75 Å². The third kappa shape index (κ3) is 3.05. The first kappa shape index (κ1) is 23.1. The molecule has 3 saturated carbocycles. The quantitative estimate of drug-likeness (QED) is 0.551. The molecule has 4 aliphatic carbocycles. The van der Waals surface area contributed by atoms with Crippen LogP contribution < -0.4 is 4.74 Å². The van der Waals surface area contributed by atoms with E-state index in [0.29, 0.717) is 23.9 Å². The number of fused-ring (bicyclic) bond motifs is 5. The first-order chi connectivity index (χ1) is 16.9. The monoisotopic (exact) mass is 474 g/mol. The summed E-state index contributed by atoms with van der Waals surface area (Å²) in [6.07, 6.45) is 7.40. The van der Waals surface area contributed by atoms with Crippen molar-refractivity contribution in [1.29, 1.82) is 0 Å². The fraction of sp³-hybridized carbons (Fsp3) is 0.581. The molecular formula is C31H38O4. The normalized spacial score (nSPS) is 39.3. The topological polar surface area (TPSA) is 55.8 Å². The molecule has 2 aromatic carbocycles. The number of aliphatic carboxylic acids is 1. The molecule has 2 aromatic rings. The zero-order chi connectivity index (χ0) is 24.5. The van der Waals surface area contributed by atoms with Crippen LogP contribution in [0.15, 0.2) is 42.5 Å². The van der Waals surface area contributed by atoms with Gasteiger partial charge in [-0.1, -0.05) is 50.2 Å². The molecule has 4 nitrogen and oxygen atoms in total. The maximum absolute atomic E-state index is 13.0. The van der Waals surface area contributed by atoms with E-state index in [1.54, 1.807) is 7.11 Å². The summed E-state index contributed by atoms with van der Waals surface area (Å²) in [6, 6.07) is 14.6. The van der Waals surface area contributed by atoms with Gasteiger partial charge in [0.05, 0.1) is 13.2 Å². The molecule has 3 unspecified atom stereocenters. The molecule has 8 atom stereocenters. The van der Waals surface area contributed by atoms with Crippen molar-refractivity contribution in [3.05, 3.63) is 64.7 Å². The van der Waals surface area contributed by atoms with Crippen molar-refractivity contribution < 1.29 is 19.4 Å². The van der Waals surface area contributed by atoms with Crippen LogP contribution in [0.3, 0.4) is 0 Å². The van der Waals surface area contributed by atoms with Gasteiger partial charge in [0.25, 0.3) is 0 Å². The highest BCUT2D eigenvalue weighted by Gasteiger charge is 2.70. The molecule has 6 rings (SSSR count). The van der Waals surface area contributed by atoms with Gasteiger partial charge in [-0.3, -0.25) is 4.79 Å². The predicted molar refractivity (Wildman–Crippen MR) is 136 cm³/mol. The van der Waals surface area contributed by atoms with Crippen molar-refractivity contribution in [1.82, 2.24) is 0 Å². The molecule has 0 radical (unpaired) electrons. The highest BCUT2D eigenvalue weighted by atomic mass is 16.5. The average Bonchev–Trinajstić information content (AvgIpc) is 3.35. The second kappa shape index (κ2) is 8.09. The Morgan fingerprint density at radius 1 is 1.06 bits per heavy atom. The van der Waals surface area contributed by atoms with Crippen LogP contribution in [0.4, 0.5) is 0 Å². The van der Waals surface area contributed by atoms with E-state index in [9.17, 15) is 9.90 Å². The summed E-state index contributed by atoms with van der Waals surface area (Å²) in [6.45, 7) is 4.54. The van der Waals surface area contributed by atoms with Crippen molar-refractivity contribution in [2.24, 2.45) is 23.2 Å². The molecule has 0 spiro atoms. The maximum atomic E-state index is 13.0. The summed E-state index contributed by atoms with van der Waals surface area (Å²) in [4.78, 5) is 13.0. The SMILES string of the molecule is COc1cc2c(cc1C1(C(=O)O)C(C)C1c1ccccc1)[C@H]1CC[C@]3(C)[C@@H](OC)CC[C@H]3[C@@H]1CC2. The van der Waals surface area contributed by atoms with E-state index in [1.807, 2.05) is 25.3 Å². The summed E-state index contributed by atoms with van der Waals surface area (Å²) in [5.41, 5.74) is 4.07. The van der Waals surface area contributed by atoms with Crippen molar-refractivity contribution in [2.75, 3.05) is 14.2 Å². The molecule has 3 fully saturated rings. The largest absolute Gasteiger partial charge is 0.496 e. The second-order valence-corrected chi connectivity index (χ2v) is 11.9. The van der Waals surface area contributed by atoms with E-state index < -0.39 is 11.4 Å². The van der Waals surface area contributed by atoms with Gasteiger partial charge >= 0.3 is 5.97 Å². The van der Waals surface area contributed by atoms with Crippen LogP contribution in [0.1, 0.15) is 80.0 Å². The Hall–Kier alpha value is -2.33. The highest BCUT2D eigenvalue weighted by molar-refractivity contribution is 5.90. The van der Waals surface area contributed by atoms with Crippen molar-refractivity contribution in [3.8, 4) is 5.75 Å². The van der Waals surface area contributed by atoms with Gasteiger partial charge in [-0.15, -0.1) is 0 Å². The van der Waals surface area contributed by atoms with Crippen LogP contribution in [-0.4, -0.2) is 31.4 Å². The lowest BCUT2D eigenvalue weighted by atomic mass is 9.55. The Labute approximate surface area is 209 Å². The van der Waals surface area contributed by atoms with Crippen molar-refractivity contribution in [3.63, 3.8) is 0 Å². The number of carboxylic acid groups (broad SMARTS) is 1. The number of carboxylic acids is 1. The van der Waals surface area contributed by atoms with Crippen LogP contribution in [-0.2, 0) is 21.4 Å². The number of aryl methyl sites for hydroxylation is 1. The van der Waals surface area contributed by atoms with Gasteiger partial charge in [0.15, 0.2) is 0 Å². The number of ether oxygens (including phenoxy) is 2. The summed E-state index contributed by atoms with van der Waals surface area (Å²) < 4.78 is 11.8. The lowest BCUT2D eigenvalue weighted by molar-refractivity contribution is -0.140. The fourth-order valence-corrected chi connectivity index (χ4v) is 9.06. The lowest BCUT2D eigenvalue weighted by Crippen LogP contribution is -2.44. The number of hydrogen-bond donors (Lipinski definition) is 1. The van der Waals surface area contributed by atoms with Crippen LogP contribution in [0.25, 0.3) is 0 Å². The summed E-state index contributed by atoms with van der Waals surface area (Å²) in [5.74, 6) is 1.84. The molecule has 0 aliphatic heterocycles. The molecule has 1 N–H and O–H groups in total. The average molecular weight is 475 g/mol. The molecule has 186 valence electrons. The fourth-order valence-electron chi connectivity index (χ4n) is 9.06. The van der Waals surface area contributed by atoms with E-state index in [1.165, 1.54) is 36.8 Å². The third-order valence-electron chi connectivity index (χ3n) is 10.8. The Morgan fingerprint density at radius 2 is 1.83 bits per heavy atom. The van der Waals surface area contributed by atoms with Gasteiger partial charge < -0.3 is 14.6 Å². The number of benzene rings is 2. The lowest BCUT2D eigenvalue weighted by Gasteiger charge is -2.50. The van der Waals surface area contributed by atoms with Gasteiger partial charge in [0.1, 0.15) is 11.2 Å². The van der Waals surface area contributed by atoms with E-state index in [-0.39, 0.29) is 17.3 Å². The minimum absolute atomic E-state index is 0.0145. The Balaban J connectivity index is 1.43. The number of rotatable bonds is 5. The predicted octanol–water partition coefficient (Wildman–Crippen LogP) is 6.32. The van der Waals surface area contributed by atoms with E-state index >= 15 is 0 Å². The minimum Gasteiger partial charge on any atom is -0.496 e. The van der Waals surface area contributed by atoms with Gasteiger partial charge in [-0.05, 0) is 90.4 Å². The van der Waals surface area contributed by atoms with Crippen LogP contribution in [0.2, 0.25) is 0 Å². The van der Waals surface area contributed by atoms with Crippen LogP contribution >= 0.6 is 0 Å². The molecule has 0 bridgehead atoms. The van der Waals surface area contributed by atoms with Gasteiger partial charge in [0, 0.05) is 18.6 Å². The first-order valence-electron chi connectivity index (χ1n) is 13.4. The zero-order valence-corrected chi connectivity index (χ0v) is 21.4. The Bertz CT molecular complexity index is 1140. The van der Waals surface area contributed by atoms with E-state index in [0.717, 1.165) is 29.7 Å².